The zero-order chi connectivity index (χ0) is 12.8. The molecule has 1 aromatic rings. The fourth-order valence-corrected chi connectivity index (χ4v) is 2.75. The highest BCUT2D eigenvalue weighted by Gasteiger charge is 2.31. The van der Waals surface area contributed by atoms with Gasteiger partial charge in [-0.2, -0.15) is 5.10 Å². The van der Waals surface area contributed by atoms with Gasteiger partial charge in [-0.1, -0.05) is 6.92 Å². The van der Waals surface area contributed by atoms with Crippen molar-refractivity contribution < 1.29 is 4.74 Å². The lowest BCUT2D eigenvalue weighted by Gasteiger charge is -2.37. The van der Waals surface area contributed by atoms with Gasteiger partial charge in [0.15, 0.2) is 0 Å². The van der Waals surface area contributed by atoms with Crippen molar-refractivity contribution in [2.75, 3.05) is 26.3 Å². The highest BCUT2D eigenvalue weighted by molar-refractivity contribution is 5.01. The van der Waals surface area contributed by atoms with Crippen LogP contribution in [0.4, 0.5) is 0 Å². The fourth-order valence-electron chi connectivity index (χ4n) is 2.75. The Morgan fingerprint density at radius 1 is 1.44 bits per heavy atom. The molecule has 1 saturated heterocycles. The SMILES string of the molecule is CCNCC1(CCc2ccnn2C)CCOCC1. The molecule has 0 aliphatic carbocycles. The van der Waals surface area contributed by atoms with Crippen molar-refractivity contribution >= 4 is 0 Å². The Labute approximate surface area is 110 Å². The largest absolute Gasteiger partial charge is 0.381 e. The van der Waals surface area contributed by atoms with Gasteiger partial charge < -0.3 is 10.1 Å². The van der Waals surface area contributed by atoms with Gasteiger partial charge in [-0.05, 0) is 43.7 Å². The van der Waals surface area contributed by atoms with E-state index >= 15 is 0 Å². The van der Waals surface area contributed by atoms with Crippen molar-refractivity contribution in [2.24, 2.45) is 12.5 Å². The molecular weight excluding hydrogens is 226 g/mol. The van der Waals surface area contributed by atoms with Gasteiger partial charge >= 0.3 is 0 Å². The molecule has 102 valence electrons. The molecule has 2 heterocycles. The van der Waals surface area contributed by atoms with Crippen molar-refractivity contribution in [2.45, 2.75) is 32.6 Å². The molecule has 1 aromatic heterocycles. The Morgan fingerprint density at radius 3 is 2.83 bits per heavy atom. The maximum absolute atomic E-state index is 5.52. The Kier molecular flexibility index (Phi) is 4.78. The summed E-state index contributed by atoms with van der Waals surface area (Å²) in [4.78, 5) is 0. The van der Waals surface area contributed by atoms with Crippen LogP contribution in [0.2, 0.25) is 0 Å². The summed E-state index contributed by atoms with van der Waals surface area (Å²) in [6.07, 6.45) is 6.58. The smallest absolute Gasteiger partial charge is 0.0492 e. The number of aromatic nitrogens is 2. The first-order valence-electron chi connectivity index (χ1n) is 7.01. The van der Waals surface area contributed by atoms with Gasteiger partial charge in [0, 0.05) is 38.7 Å². The summed E-state index contributed by atoms with van der Waals surface area (Å²) in [6.45, 7) is 6.17. The molecule has 0 saturated carbocycles. The maximum atomic E-state index is 5.52. The van der Waals surface area contributed by atoms with E-state index in [1.165, 1.54) is 25.0 Å². The topological polar surface area (TPSA) is 39.1 Å². The van der Waals surface area contributed by atoms with Crippen molar-refractivity contribution in [3.05, 3.63) is 18.0 Å². The van der Waals surface area contributed by atoms with Gasteiger partial charge in [0.1, 0.15) is 0 Å². The third kappa shape index (κ3) is 3.33. The molecule has 0 radical (unpaired) electrons. The lowest BCUT2D eigenvalue weighted by Crippen LogP contribution is -2.39. The fraction of sp³-hybridized carbons (Fsp3) is 0.786. The molecular formula is C14H25N3O. The van der Waals surface area contributed by atoms with Crippen molar-refractivity contribution in [3.8, 4) is 0 Å². The van der Waals surface area contributed by atoms with Crippen LogP contribution in [0.5, 0.6) is 0 Å². The minimum Gasteiger partial charge on any atom is -0.381 e. The molecule has 0 spiro atoms. The Bertz CT molecular complexity index is 356. The van der Waals surface area contributed by atoms with E-state index in [4.69, 9.17) is 4.74 Å². The van der Waals surface area contributed by atoms with Crippen molar-refractivity contribution in [3.63, 3.8) is 0 Å². The second-order valence-electron chi connectivity index (χ2n) is 5.34. The Balaban J connectivity index is 1.94. The lowest BCUT2D eigenvalue weighted by atomic mass is 9.76. The van der Waals surface area contributed by atoms with E-state index in [-0.39, 0.29) is 0 Å². The molecule has 4 nitrogen and oxygen atoms in total. The molecule has 0 bridgehead atoms. The summed E-state index contributed by atoms with van der Waals surface area (Å²) in [5.74, 6) is 0. The molecule has 18 heavy (non-hydrogen) atoms. The van der Waals surface area contributed by atoms with E-state index in [1.54, 1.807) is 0 Å². The molecule has 0 unspecified atom stereocenters. The molecule has 0 aromatic carbocycles. The zero-order valence-corrected chi connectivity index (χ0v) is 11.6. The van der Waals surface area contributed by atoms with Crippen LogP contribution in [0.25, 0.3) is 0 Å². The van der Waals surface area contributed by atoms with E-state index < -0.39 is 0 Å². The van der Waals surface area contributed by atoms with Gasteiger partial charge in [-0.25, -0.2) is 0 Å². The quantitative estimate of drug-likeness (QED) is 0.837. The van der Waals surface area contributed by atoms with Crippen molar-refractivity contribution in [1.29, 1.82) is 0 Å². The summed E-state index contributed by atoms with van der Waals surface area (Å²) < 4.78 is 7.51. The lowest BCUT2D eigenvalue weighted by molar-refractivity contribution is 0.0106. The van der Waals surface area contributed by atoms with Gasteiger partial charge in [0.2, 0.25) is 0 Å². The average Bonchev–Trinajstić information content (AvgIpc) is 2.81. The molecule has 0 atom stereocenters. The van der Waals surface area contributed by atoms with E-state index in [0.717, 1.165) is 32.7 Å². The number of hydrogen-bond acceptors (Lipinski definition) is 3. The summed E-state index contributed by atoms with van der Waals surface area (Å²) in [5.41, 5.74) is 1.75. The number of nitrogens with zero attached hydrogens (tertiary/aromatic N) is 2. The van der Waals surface area contributed by atoms with E-state index in [9.17, 15) is 0 Å². The second kappa shape index (κ2) is 6.34. The number of nitrogens with one attached hydrogen (secondary N) is 1. The standard InChI is InChI=1S/C14H25N3O/c1-3-15-12-14(7-10-18-11-8-14)6-4-13-5-9-16-17(13)2/h5,9,15H,3-4,6-8,10-12H2,1-2H3. The average molecular weight is 251 g/mol. The molecule has 0 amide bonds. The summed E-state index contributed by atoms with van der Waals surface area (Å²) in [5, 5.41) is 7.77. The maximum Gasteiger partial charge on any atom is 0.0492 e. The molecule has 1 aliphatic heterocycles. The number of hydrogen-bond donors (Lipinski definition) is 1. The van der Waals surface area contributed by atoms with Crippen molar-refractivity contribution in [1.82, 2.24) is 15.1 Å². The molecule has 2 rings (SSSR count). The summed E-state index contributed by atoms with van der Waals surface area (Å²) in [6, 6.07) is 2.13. The minimum absolute atomic E-state index is 0.415. The first-order valence-corrected chi connectivity index (χ1v) is 7.01. The first kappa shape index (κ1) is 13.6. The summed E-state index contributed by atoms with van der Waals surface area (Å²) in [7, 11) is 2.02. The molecule has 1 N–H and O–H groups in total. The van der Waals surface area contributed by atoms with Gasteiger partial charge in [0.25, 0.3) is 0 Å². The van der Waals surface area contributed by atoms with Crippen LogP contribution in [0.1, 0.15) is 31.9 Å². The van der Waals surface area contributed by atoms with Crippen LogP contribution in [-0.2, 0) is 18.2 Å². The van der Waals surface area contributed by atoms with Gasteiger partial charge in [-0.3, -0.25) is 4.68 Å². The predicted molar refractivity (Wildman–Crippen MR) is 72.6 cm³/mol. The van der Waals surface area contributed by atoms with E-state index in [1.807, 2.05) is 17.9 Å². The van der Waals surface area contributed by atoms with Gasteiger partial charge in [0.05, 0.1) is 0 Å². The zero-order valence-electron chi connectivity index (χ0n) is 11.6. The number of aryl methyl sites for hydroxylation is 2. The van der Waals surface area contributed by atoms with E-state index in [0.29, 0.717) is 5.41 Å². The second-order valence-corrected chi connectivity index (χ2v) is 5.34. The van der Waals surface area contributed by atoms with Crippen LogP contribution >= 0.6 is 0 Å². The Hall–Kier alpha value is -0.870. The third-order valence-electron chi connectivity index (χ3n) is 4.14. The number of rotatable bonds is 6. The third-order valence-corrected chi connectivity index (χ3v) is 4.14. The van der Waals surface area contributed by atoms with Gasteiger partial charge in [-0.15, -0.1) is 0 Å². The summed E-state index contributed by atoms with van der Waals surface area (Å²) >= 11 is 0. The van der Waals surface area contributed by atoms with E-state index in [2.05, 4.69) is 23.4 Å². The highest BCUT2D eigenvalue weighted by atomic mass is 16.5. The number of ether oxygens (including phenoxy) is 1. The van der Waals surface area contributed by atoms with Crippen LogP contribution in [0, 0.1) is 5.41 Å². The van der Waals surface area contributed by atoms with Crippen LogP contribution in [-0.4, -0.2) is 36.1 Å². The molecule has 4 heteroatoms. The normalized spacial score (nSPS) is 19.0. The Morgan fingerprint density at radius 2 is 2.22 bits per heavy atom. The molecule has 1 aliphatic rings. The predicted octanol–water partition coefficient (Wildman–Crippen LogP) is 1.76. The van der Waals surface area contributed by atoms with Crippen LogP contribution in [0.15, 0.2) is 12.3 Å². The van der Waals surface area contributed by atoms with Crippen LogP contribution < -0.4 is 5.32 Å². The molecule has 1 fully saturated rings. The first-order chi connectivity index (χ1) is 8.76. The van der Waals surface area contributed by atoms with Crippen LogP contribution in [0.3, 0.4) is 0 Å². The monoisotopic (exact) mass is 251 g/mol. The minimum atomic E-state index is 0.415. The highest BCUT2D eigenvalue weighted by Crippen LogP contribution is 2.34.